The van der Waals surface area contributed by atoms with Crippen molar-refractivity contribution in [1.29, 1.82) is 0 Å². The smallest absolute Gasteiger partial charge is 0.128 e. The Balaban J connectivity index is 2.33. The van der Waals surface area contributed by atoms with Gasteiger partial charge in [0, 0.05) is 11.6 Å². The highest BCUT2D eigenvalue weighted by Gasteiger charge is 2.18. The van der Waals surface area contributed by atoms with Crippen molar-refractivity contribution < 1.29 is 13.2 Å². The molecule has 2 aromatic rings. The average Bonchev–Trinajstić information content (AvgIpc) is 2.42. The van der Waals surface area contributed by atoms with Crippen LogP contribution in [0.15, 0.2) is 36.4 Å². The Hall–Kier alpha value is -1.81. The first-order valence-corrected chi connectivity index (χ1v) is 6.94. The van der Waals surface area contributed by atoms with Crippen LogP contribution in [0.1, 0.15) is 29.7 Å². The van der Waals surface area contributed by atoms with Crippen molar-refractivity contribution in [2.45, 2.75) is 26.3 Å². The molecular weight excluding hydrogens is 275 g/mol. The Labute approximate surface area is 122 Å². The number of likely N-dealkylation sites (N-methyl/N-ethyl adjacent to an activating group) is 1. The van der Waals surface area contributed by atoms with Crippen LogP contribution in [0.4, 0.5) is 13.2 Å². The summed E-state index contributed by atoms with van der Waals surface area (Å²) in [6.45, 7) is 4.02. The molecule has 2 aromatic carbocycles. The van der Waals surface area contributed by atoms with Gasteiger partial charge in [0.1, 0.15) is 17.5 Å². The fourth-order valence-corrected chi connectivity index (χ4v) is 2.37. The van der Waals surface area contributed by atoms with Crippen LogP contribution >= 0.6 is 0 Å². The van der Waals surface area contributed by atoms with E-state index >= 15 is 0 Å². The summed E-state index contributed by atoms with van der Waals surface area (Å²) in [5.41, 5.74) is 1.28. The maximum atomic E-state index is 14.1. The summed E-state index contributed by atoms with van der Waals surface area (Å²) in [5.74, 6) is -1.22. The number of hydrogen-bond acceptors (Lipinski definition) is 1. The molecule has 0 bridgehead atoms. The molecule has 4 heteroatoms. The number of aryl methyl sites for hydroxylation is 1. The van der Waals surface area contributed by atoms with Gasteiger partial charge >= 0.3 is 0 Å². The van der Waals surface area contributed by atoms with E-state index in [1.807, 2.05) is 6.92 Å². The summed E-state index contributed by atoms with van der Waals surface area (Å²) in [6, 6.07) is 8.17. The van der Waals surface area contributed by atoms with Crippen LogP contribution in [-0.2, 0) is 6.42 Å². The van der Waals surface area contributed by atoms with Crippen molar-refractivity contribution in [2.75, 3.05) is 6.54 Å². The van der Waals surface area contributed by atoms with Crippen molar-refractivity contribution in [2.24, 2.45) is 0 Å². The van der Waals surface area contributed by atoms with E-state index in [0.717, 1.165) is 5.56 Å². The predicted octanol–water partition coefficient (Wildman–Crippen LogP) is 4.31. The Morgan fingerprint density at radius 1 is 1.05 bits per heavy atom. The van der Waals surface area contributed by atoms with Crippen molar-refractivity contribution in [1.82, 2.24) is 5.32 Å². The van der Waals surface area contributed by atoms with Crippen LogP contribution in [0.5, 0.6) is 0 Å². The molecule has 0 spiro atoms. The van der Waals surface area contributed by atoms with Gasteiger partial charge in [0.05, 0.1) is 0 Å². The van der Waals surface area contributed by atoms with E-state index in [2.05, 4.69) is 5.32 Å². The van der Waals surface area contributed by atoms with Crippen molar-refractivity contribution in [3.05, 3.63) is 70.5 Å². The highest BCUT2D eigenvalue weighted by molar-refractivity contribution is 5.29. The van der Waals surface area contributed by atoms with Crippen LogP contribution in [-0.4, -0.2) is 6.54 Å². The SMILES string of the molecule is CCNC(Cc1cccc(F)c1)c1cc(F)c(C)cc1F. The van der Waals surface area contributed by atoms with E-state index in [4.69, 9.17) is 0 Å². The first kappa shape index (κ1) is 15.6. The zero-order valence-corrected chi connectivity index (χ0v) is 12.1. The standard InChI is InChI=1S/C17H18F3N/c1-3-21-17(9-12-5-4-6-13(18)8-12)14-10-15(19)11(2)7-16(14)20/h4-8,10,17,21H,3,9H2,1-2H3. The molecule has 0 fully saturated rings. The molecule has 0 aliphatic rings. The van der Waals surface area contributed by atoms with Crippen LogP contribution in [0.2, 0.25) is 0 Å². The van der Waals surface area contributed by atoms with E-state index in [1.165, 1.54) is 31.2 Å². The highest BCUT2D eigenvalue weighted by atomic mass is 19.1. The third-order valence-electron chi connectivity index (χ3n) is 3.43. The molecule has 0 saturated heterocycles. The Bertz CT molecular complexity index is 625. The first-order chi connectivity index (χ1) is 10.0. The monoisotopic (exact) mass is 293 g/mol. The number of benzene rings is 2. The fraction of sp³-hybridized carbons (Fsp3) is 0.294. The third-order valence-corrected chi connectivity index (χ3v) is 3.43. The van der Waals surface area contributed by atoms with E-state index in [-0.39, 0.29) is 16.9 Å². The minimum Gasteiger partial charge on any atom is -0.310 e. The summed E-state index contributed by atoms with van der Waals surface area (Å²) >= 11 is 0. The molecular formula is C17H18F3N. The second kappa shape index (κ2) is 6.76. The Morgan fingerprint density at radius 3 is 2.48 bits per heavy atom. The van der Waals surface area contributed by atoms with Crippen molar-refractivity contribution >= 4 is 0 Å². The maximum absolute atomic E-state index is 14.1. The van der Waals surface area contributed by atoms with Gasteiger partial charge in [-0.05, 0) is 55.3 Å². The second-order valence-electron chi connectivity index (χ2n) is 5.07. The lowest BCUT2D eigenvalue weighted by Gasteiger charge is -2.20. The van der Waals surface area contributed by atoms with E-state index in [9.17, 15) is 13.2 Å². The molecule has 2 rings (SSSR count). The normalized spacial score (nSPS) is 12.4. The summed E-state index contributed by atoms with van der Waals surface area (Å²) in [6.07, 6.45) is 0.394. The van der Waals surface area contributed by atoms with Crippen molar-refractivity contribution in [3.8, 4) is 0 Å². The maximum Gasteiger partial charge on any atom is 0.128 e. The summed E-state index contributed by atoms with van der Waals surface area (Å²) in [7, 11) is 0. The molecule has 1 N–H and O–H groups in total. The molecule has 1 nitrogen and oxygen atoms in total. The predicted molar refractivity (Wildman–Crippen MR) is 77.6 cm³/mol. The fourth-order valence-electron chi connectivity index (χ4n) is 2.37. The van der Waals surface area contributed by atoms with Gasteiger partial charge in [-0.25, -0.2) is 13.2 Å². The Kier molecular flexibility index (Phi) is 5.02. The molecule has 0 radical (unpaired) electrons. The molecule has 0 heterocycles. The molecule has 0 aromatic heterocycles. The van der Waals surface area contributed by atoms with Gasteiger partial charge in [-0.15, -0.1) is 0 Å². The molecule has 0 saturated carbocycles. The first-order valence-electron chi connectivity index (χ1n) is 6.94. The quantitative estimate of drug-likeness (QED) is 0.866. The molecule has 0 aliphatic heterocycles. The summed E-state index contributed by atoms with van der Waals surface area (Å²) in [5, 5.41) is 3.13. The molecule has 112 valence electrons. The van der Waals surface area contributed by atoms with Crippen molar-refractivity contribution in [3.63, 3.8) is 0 Å². The van der Waals surface area contributed by atoms with Gasteiger partial charge in [0.25, 0.3) is 0 Å². The largest absolute Gasteiger partial charge is 0.310 e. The van der Waals surface area contributed by atoms with Crippen LogP contribution in [0.3, 0.4) is 0 Å². The number of halogens is 3. The Morgan fingerprint density at radius 2 is 1.81 bits per heavy atom. The lowest BCUT2D eigenvalue weighted by atomic mass is 9.97. The van der Waals surface area contributed by atoms with Gasteiger partial charge in [0.15, 0.2) is 0 Å². The van der Waals surface area contributed by atoms with Crippen LogP contribution in [0, 0.1) is 24.4 Å². The van der Waals surface area contributed by atoms with E-state index in [0.29, 0.717) is 13.0 Å². The topological polar surface area (TPSA) is 12.0 Å². The second-order valence-corrected chi connectivity index (χ2v) is 5.07. The number of rotatable bonds is 5. The van der Waals surface area contributed by atoms with Crippen LogP contribution < -0.4 is 5.32 Å². The van der Waals surface area contributed by atoms with Crippen LogP contribution in [0.25, 0.3) is 0 Å². The highest BCUT2D eigenvalue weighted by Crippen LogP contribution is 2.24. The summed E-state index contributed by atoms with van der Waals surface area (Å²) in [4.78, 5) is 0. The zero-order chi connectivity index (χ0) is 15.4. The molecule has 0 aliphatic carbocycles. The van der Waals surface area contributed by atoms with Gasteiger partial charge < -0.3 is 5.32 Å². The molecule has 0 amide bonds. The minimum absolute atomic E-state index is 0.268. The molecule has 1 unspecified atom stereocenters. The number of hydrogen-bond donors (Lipinski definition) is 1. The van der Waals surface area contributed by atoms with Gasteiger partial charge in [-0.2, -0.15) is 0 Å². The average molecular weight is 293 g/mol. The van der Waals surface area contributed by atoms with Gasteiger partial charge in [-0.1, -0.05) is 19.1 Å². The number of nitrogens with one attached hydrogen (secondary N) is 1. The summed E-state index contributed by atoms with van der Waals surface area (Å²) < 4.78 is 41.1. The van der Waals surface area contributed by atoms with E-state index in [1.54, 1.807) is 12.1 Å². The lowest BCUT2D eigenvalue weighted by molar-refractivity contribution is 0.499. The molecule has 1 atom stereocenters. The molecule has 21 heavy (non-hydrogen) atoms. The lowest BCUT2D eigenvalue weighted by Crippen LogP contribution is -2.24. The minimum atomic E-state index is -0.448. The van der Waals surface area contributed by atoms with E-state index < -0.39 is 17.7 Å². The third kappa shape index (κ3) is 3.85. The van der Waals surface area contributed by atoms with Gasteiger partial charge in [0.2, 0.25) is 0 Å². The van der Waals surface area contributed by atoms with Gasteiger partial charge in [-0.3, -0.25) is 0 Å². The zero-order valence-electron chi connectivity index (χ0n) is 12.1.